The summed E-state index contributed by atoms with van der Waals surface area (Å²) in [5.74, 6) is -0.348. The summed E-state index contributed by atoms with van der Waals surface area (Å²) in [5, 5.41) is 7.98. The topological polar surface area (TPSA) is 94.5 Å². The molecule has 1 atom stereocenters. The summed E-state index contributed by atoms with van der Waals surface area (Å²) < 4.78 is 13.2. The number of hydrogen-bond acceptors (Lipinski definition) is 6. The third-order valence-corrected chi connectivity index (χ3v) is 7.40. The average molecular weight is 535 g/mol. The summed E-state index contributed by atoms with van der Waals surface area (Å²) in [5.41, 5.74) is 3.15. The Bertz CT molecular complexity index is 1270. The molecule has 0 spiro atoms. The van der Waals surface area contributed by atoms with E-state index in [0.717, 1.165) is 24.1 Å². The second-order valence-electron chi connectivity index (χ2n) is 11.0. The van der Waals surface area contributed by atoms with E-state index in [-0.39, 0.29) is 29.6 Å². The van der Waals surface area contributed by atoms with Gasteiger partial charge < -0.3 is 24.6 Å². The van der Waals surface area contributed by atoms with E-state index in [1.807, 2.05) is 25.7 Å². The molecule has 1 radical (unpaired) electrons. The number of anilines is 1. The second kappa shape index (κ2) is 11.4. The Hall–Kier alpha value is -2.95. The molecule has 10 heteroatoms. The Morgan fingerprint density at radius 1 is 1.24 bits per heavy atom. The summed E-state index contributed by atoms with van der Waals surface area (Å²) in [4.78, 5) is 30.3. The molecule has 1 aliphatic rings. The van der Waals surface area contributed by atoms with Crippen LogP contribution in [0.3, 0.4) is 0 Å². The molecule has 1 unspecified atom stereocenters. The Kier molecular flexibility index (Phi) is 8.44. The number of amides is 2. The lowest BCUT2D eigenvalue weighted by Gasteiger charge is -2.45. The number of carbonyl (C=O) groups is 2. The molecule has 8 nitrogen and oxygen atoms in total. The zero-order chi connectivity index (χ0) is 27.5. The highest BCUT2D eigenvalue weighted by Crippen LogP contribution is 2.44. The number of benzene rings is 1. The van der Waals surface area contributed by atoms with Crippen LogP contribution in [-0.4, -0.2) is 59.7 Å². The maximum Gasteiger partial charge on any atom is 0.253 e. The van der Waals surface area contributed by atoms with Crippen LogP contribution in [0, 0.1) is 0 Å². The molecule has 3 heterocycles. The molecule has 201 valence electrons. The first-order valence-electron chi connectivity index (χ1n) is 12.8. The van der Waals surface area contributed by atoms with Gasteiger partial charge in [0.25, 0.3) is 11.8 Å². The van der Waals surface area contributed by atoms with Gasteiger partial charge in [-0.05, 0) is 70.3 Å². The molecule has 38 heavy (non-hydrogen) atoms. The minimum Gasteiger partial charge on any atom is -0.402 e. The van der Waals surface area contributed by atoms with Crippen molar-refractivity contribution < 1.29 is 19.1 Å². The minimum atomic E-state index is -0.864. The molecule has 2 amide bonds. The van der Waals surface area contributed by atoms with Gasteiger partial charge in [-0.25, -0.2) is 4.98 Å². The first kappa shape index (κ1) is 28.1. The second-order valence-corrected chi connectivity index (χ2v) is 11.8. The van der Waals surface area contributed by atoms with Crippen LogP contribution in [0.5, 0.6) is 0 Å². The molecular weight excluding hydrogens is 499 g/mol. The van der Waals surface area contributed by atoms with Gasteiger partial charge in [-0.2, -0.15) is 0 Å². The molecule has 3 aromatic rings. The van der Waals surface area contributed by atoms with Crippen LogP contribution in [0.25, 0.3) is 11.3 Å². The Balaban J connectivity index is 1.44. The molecule has 2 N–H and O–H groups in total. The summed E-state index contributed by atoms with van der Waals surface area (Å²) in [6, 6.07) is 9.29. The van der Waals surface area contributed by atoms with Crippen molar-refractivity contribution in [3.63, 3.8) is 0 Å². The highest BCUT2D eigenvalue weighted by Gasteiger charge is 2.39. The maximum absolute atomic E-state index is 13.0. The van der Waals surface area contributed by atoms with E-state index in [1.165, 1.54) is 24.0 Å². The van der Waals surface area contributed by atoms with E-state index in [2.05, 4.69) is 61.5 Å². The van der Waals surface area contributed by atoms with Crippen molar-refractivity contribution in [1.82, 2.24) is 14.8 Å². The van der Waals surface area contributed by atoms with Gasteiger partial charge in [0.1, 0.15) is 6.04 Å². The molecular formula is C28H36BN4O4S. The number of rotatable bonds is 9. The number of nitrogens with zero attached hydrogens (tertiary/aromatic N) is 2. The van der Waals surface area contributed by atoms with Gasteiger partial charge in [-0.1, -0.05) is 25.0 Å². The molecule has 0 aliphatic carbocycles. The highest BCUT2D eigenvalue weighted by molar-refractivity contribution is 7.14. The summed E-state index contributed by atoms with van der Waals surface area (Å²) in [6.07, 6.45) is 5.37. The molecule has 2 aromatic heterocycles. The maximum atomic E-state index is 13.0. The van der Waals surface area contributed by atoms with Gasteiger partial charge in [0.05, 0.1) is 29.1 Å². The SMILES string of the molecule is C[B]n1ccc(C(=O)NC(COC)C(=O)Nc2nc(-c3cccc(C4CC(C)(C)OC(C)(C)C4)c3)cs2)c1. The van der Waals surface area contributed by atoms with Gasteiger partial charge >= 0.3 is 0 Å². The van der Waals surface area contributed by atoms with Gasteiger partial charge in [0.15, 0.2) is 5.13 Å². The smallest absolute Gasteiger partial charge is 0.253 e. The van der Waals surface area contributed by atoms with E-state index in [1.54, 1.807) is 22.9 Å². The number of ether oxygens (including phenoxy) is 2. The predicted molar refractivity (Wildman–Crippen MR) is 152 cm³/mol. The number of aromatic nitrogens is 2. The minimum absolute atomic E-state index is 0.0380. The fourth-order valence-corrected chi connectivity index (χ4v) is 5.96. The number of methoxy groups -OCH3 is 1. The molecule has 1 saturated heterocycles. The first-order valence-corrected chi connectivity index (χ1v) is 13.7. The summed E-state index contributed by atoms with van der Waals surface area (Å²) in [6.45, 7) is 10.5. The van der Waals surface area contributed by atoms with Crippen LogP contribution < -0.4 is 10.6 Å². The van der Waals surface area contributed by atoms with Crippen LogP contribution in [0.2, 0.25) is 6.82 Å². The van der Waals surface area contributed by atoms with Crippen LogP contribution in [-0.2, 0) is 14.3 Å². The van der Waals surface area contributed by atoms with Crippen LogP contribution in [0.15, 0.2) is 48.1 Å². The predicted octanol–water partition coefficient (Wildman–Crippen LogP) is 4.96. The number of thiazole rings is 1. The van der Waals surface area contributed by atoms with Crippen LogP contribution in [0.1, 0.15) is 62.4 Å². The van der Waals surface area contributed by atoms with Crippen molar-refractivity contribution in [3.8, 4) is 11.3 Å². The Labute approximate surface area is 229 Å². The summed E-state index contributed by atoms with van der Waals surface area (Å²) in [7, 11) is 3.32. The normalized spacial score (nSPS) is 17.5. The van der Waals surface area contributed by atoms with Crippen molar-refractivity contribution in [2.45, 2.75) is 70.5 Å². The van der Waals surface area contributed by atoms with Gasteiger partial charge in [-0.15, -0.1) is 11.3 Å². The number of carbonyl (C=O) groups excluding carboxylic acids is 2. The summed E-state index contributed by atoms with van der Waals surface area (Å²) >= 11 is 1.35. The Morgan fingerprint density at radius 3 is 2.63 bits per heavy atom. The first-order chi connectivity index (χ1) is 18.0. The van der Waals surface area contributed by atoms with Crippen molar-refractivity contribution in [1.29, 1.82) is 0 Å². The van der Waals surface area contributed by atoms with E-state index in [0.29, 0.717) is 16.6 Å². The van der Waals surface area contributed by atoms with Gasteiger partial charge in [-0.3, -0.25) is 9.59 Å². The third-order valence-electron chi connectivity index (χ3n) is 6.65. The highest BCUT2D eigenvalue weighted by atomic mass is 32.1. The number of nitrogens with one attached hydrogen (secondary N) is 2. The molecule has 1 aromatic carbocycles. The lowest BCUT2D eigenvalue weighted by atomic mass is 9.77. The van der Waals surface area contributed by atoms with Crippen molar-refractivity contribution in [2.75, 3.05) is 19.0 Å². The average Bonchev–Trinajstić information content (AvgIpc) is 3.52. The molecule has 0 bridgehead atoms. The van der Waals surface area contributed by atoms with E-state index in [4.69, 9.17) is 9.47 Å². The fourth-order valence-electron chi connectivity index (χ4n) is 5.23. The molecule has 1 fully saturated rings. The zero-order valence-corrected chi connectivity index (χ0v) is 23.7. The quantitative estimate of drug-likeness (QED) is 0.378. The van der Waals surface area contributed by atoms with Gasteiger partial charge in [0, 0.05) is 24.3 Å². The Morgan fingerprint density at radius 2 is 1.97 bits per heavy atom. The molecule has 0 saturated carbocycles. The van der Waals surface area contributed by atoms with Crippen molar-refractivity contribution >= 4 is 35.7 Å². The molecule has 4 rings (SSSR count). The lowest BCUT2D eigenvalue weighted by molar-refractivity contribution is -0.161. The zero-order valence-electron chi connectivity index (χ0n) is 22.9. The van der Waals surface area contributed by atoms with Crippen LogP contribution >= 0.6 is 11.3 Å². The monoisotopic (exact) mass is 535 g/mol. The third kappa shape index (κ3) is 6.92. The standard InChI is InChI=1S/C28H36BN4O4S/c1-27(2)13-21(14-28(3,4)37-27)18-8-7-9-19(12-18)23-17-38-26(31-23)32-25(35)22(16-36-6)30-24(34)20-10-11-33(15-20)29-5/h7-12,15,17,21-22H,13-14,16H2,1-6H3,(H,30,34)(H,31,32,35). The van der Waals surface area contributed by atoms with Crippen molar-refractivity contribution in [3.05, 3.63) is 59.2 Å². The van der Waals surface area contributed by atoms with E-state index >= 15 is 0 Å². The van der Waals surface area contributed by atoms with E-state index in [9.17, 15) is 9.59 Å². The van der Waals surface area contributed by atoms with Gasteiger partial charge in [0.2, 0.25) is 7.41 Å². The number of hydrogen-bond donors (Lipinski definition) is 2. The van der Waals surface area contributed by atoms with E-state index < -0.39 is 6.04 Å². The van der Waals surface area contributed by atoms with Crippen molar-refractivity contribution in [2.24, 2.45) is 0 Å². The largest absolute Gasteiger partial charge is 0.402 e. The fraction of sp³-hybridized carbons (Fsp3) is 0.464. The van der Waals surface area contributed by atoms with Crippen LogP contribution in [0.4, 0.5) is 5.13 Å². The lowest BCUT2D eigenvalue weighted by Crippen LogP contribution is -2.46. The molecule has 1 aliphatic heterocycles.